The third kappa shape index (κ3) is 5.19. The zero-order chi connectivity index (χ0) is 12.7. The minimum atomic E-state index is -1.10. The van der Waals surface area contributed by atoms with Gasteiger partial charge in [-0.25, -0.2) is 4.79 Å². The Balaban J connectivity index is 2.08. The molecule has 0 aromatic carbocycles. The largest absolute Gasteiger partial charge is 0.480 e. The van der Waals surface area contributed by atoms with Crippen molar-refractivity contribution < 1.29 is 19.5 Å². The second-order valence-electron chi connectivity index (χ2n) is 3.84. The van der Waals surface area contributed by atoms with Crippen LogP contribution in [0.25, 0.3) is 0 Å². The smallest absolute Gasteiger partial charge is 0.323 e. The average Bonchev–Trinajstić information content (AvgIpc) is 2.79. The van der Waals surface area contributed by atoms with Gasteiger partial charge in [0.1, 0.15) is 6.54 Å². The van der Waals surface area contributed by atoms with Crippen LogP contribution < -0.4 is 10.6 Å². The van der Waals surface area contributed by atoms with E-state index in [0.717, 1.165) is 25.9 Å². The normalized spacial score (nSPS) is 14.5. The first-order valence-electron chi connectivity index (χ1n) is 5.61. The molecule has 17 heavy (non-hydrogen) atoms. The van der Waals surface area contributed by atoms with Gasteiger partial charge in [0, 0.05) is 26.1 Å². The number of aliphatic carboxylic acids is 1. The number of nitrogens with one attached hydrogen (secondary N) is 2. The summed E-state index contributed by atoms with van der Waals surface area (Å²) in [6.45, 7) is 1.39. The molecule has 0 aromatic rings. The highest BCUT2D eigenvalue weighted by Crippen LogP contribution is 2.08. The van der Waals surface area contributed by atoms with Crippen molar-refractivity contribution in [2.24, 2.45) is 0 Å². The van der Waals surface area contributed by atoms with Crippen molar-refractivity contribution >= 4 is 17.9 Å². The van der Waals surface area contributed by atoms with Crippen LogP contribution in [0.4, 0.5) is 4.79 Å². The quantitative estimate of drug-likeness (QED) is 0.599. The van der Waals surface area contributed by atoms with Crippen LogP contribution in [-0.2, 0) is 9.59 Å². The van der Waals surface area contributed by atoms with E-state index < -0.39 is 18.5 Å². The number of carboxylic acids is 1. The summed E-state index contributed by atoms with van der Waals surface area (Å²) in [7, 11) is 0. The summed E-state index contributed by atoms with van der Waals surface area (Å²) in [5, 5.41) is 12.9. The molecule has 0 spiro atoms. The Morgan fingerprint density at radius 3 is 2.35 bits per heavy atom. The summed E-state index contributed by atoms with van der Waals surface area (Å²) in [5.74, 6) is -1.07. The molecule has 1 heterocycles. The molecule has 1 aliphatic rings. The van der Waals surface area contributed by atoms with Gasteiger partial charge in [0.25, 0.3) is 0 Å². The van der Waals surface area contributed by atoms with Gasteiger partial charge < -0.3 is 20.6 Å². The van der Waals surface area contributed by atoms with Crippen molar-refractivity contribution in [3.05, 3.63) is 0 Å². The van der Waals surface area contributed by atoms with Crippen LogP contribution in [0.1, 0.15) is 19.3 Å². The summed E-state index contributed by atoms with van der Waals surface area (Å²) in [4.78, 5) is 34.5. The maximum Gasteiger partial charge on any atom is 0.323 e. The highest BCUT2D eigenvalue weighted by Gasteiger charge is 2.17. The van der Waals surface area contributed by atoms with Crippen LogP contribution in [0.15, 0.2) is 0 Å². The predicted molar refractivity (Wildman–Crippen MR) is 59.5 cm³/mol. The Hall–Kier alpha value is -1.79. The van der Waals surface area contributed by atoms with Crippen molar-refractivity contribution in [2.45, 2.75) is 19.3 Å². The Kier molecular flexibility index (Phi) is 5.25. The number of urea groups is 1. The Bertz CT molecular complexity index is 300. The van der Waals surface area contributed by atoms with Crippen molar-refractivity contribution in [1.29, 1.82) is 0 Å². The van der Waals surface area contributed by atoms with Gasteiger partial charge in [-0.3, -0.25) is 9.59 Å². The zero-order valence-corrected chi connectivity index (χ0v) is 9.57. The van der Waals surface area contributed by atoms with E-state index in [4.69, 9.17) is 5.11 Å². The minimum absolute atomic E-state index is 0.0287. The molecular formula is C10H17N3O4. The maximum atomic E-state index is 11.6. The van der Waals surface area contributed by atoms with E-state index in [1.807, 2.05) is 0 Å². The lowest BCUT2D eigenvalue weighted by atomic mass is 10.3. The number of amides is 3. The molecule has 3 N–H and O–H groups in total. The topological polar surface area (TPSA) is 98.7 Å². The van der Waals surface area contributed by atoms with Gasteiger partial charge in [-0.1, -0.05) is 0 Å². The van der Waals surface area contributed by atoms with Gasteiger partial charge in [-0.15, -0.1) is 0 Å². The molecule has 1 fully saturated rings. The van der Waals surface area contributed by atoms with Crippen LogP contribution in [0.3, 0.4) is 0 Å². The van der Waals surface area contributed by atoms with Gasteiger partial charge in [0.15, 0.2) is 0 Å². The number of carbonyl (C=O) groups is 3. The predicted octanol–water partition coefficient (Wildman–Crippen LogP) is -0.617. The van der Waals surface area contributed by atoms with Crippen molar-refractivity contribution in [3.8, 4) is 0 Å². The molecule has 0 aliphatic carbocycles. The number of hydrogen-bond donors (Lipinski definition) is 3. The maximum absolute atomic E-state index is 11.6. The van der Waals surface area contributed by atoms with Gasteiger partial charge in [-0.2, -0.15) is 0 Å². The summed E-state index contributed by atoms with van der Waals surface area (Å²) in [6, 6.07) is -0.568. The molecule has 0 radical (unpaired) electrons. The SMILES string of the molecule is O=C(O)CNC(=O)NCCC(=O)N1CCCC1. The molecule has 0 bridgehead atoms. The number of nitrogens with zero attached hydrogens (tertiary/aromatic N) is 1. The molecule has 1 rings (SSSR count). The summed E-state index contributed by atoms with van der Waals surface area (Å²) in [6.07, 6.45) is 2.33. The summed E-state index contributed by atoms with van der Waals surface area (Å²) in [5.41, 5.74) is 0. The number of rotatable bonds is 5. The molecule has 0 unspecified atom stereocenters. The van der Waals surface area contributed by atoms with Crippen LogP contribution >= 0.6 is 0 Å². The Labute approximate surface area is 99.2 Å². The van der Waals surface area contributed by atoms with Gasteiger partial charge in [0.05, 0.1) is 0 Å². The highest BCUT2D eigenvalue weighted by atomic mass is 16.4. The molecule has 0 saturated carbocycles. The first-order chi connectivity index (χ1) is 8.09. The number of carboxylic acid groups (broad SMARTS) is 1. The van der Waals surface area contributed by atoms with Gasteiger partial charge in [0.2, 0.25) is 5.91 Å². The summed E-state index contributed by atoms with van der Waals surface area (Å²) < 4.78 is 0. The molecule has 7 nitrogen and oxygen atoms in total. The van der Waals surface area contributed by atoms with E-state index in [0.29, 0.717) is 0 Å². The Morgan fingerprint density at radius 2 is 1.76 bits per heavy atom. The zero-order valence-electron chi connectivity index (χ0n) is 9.57. The highest BCUT2D eigenvalue weighted by molar-refractivity contribution is 5.81. The fourth-order valence-electron chi connectivity index (χ4n) is 1.63. The lowest BCUT2D eigenvalue weighted by Gasteiger charge is -2.15. The van der Waals surface area contributed by atoms with Gasteiger partial charge >= 0.3 is 12.0 Å². The van der Waals surface area contributed by atoms with Gasteiger partial charge in [-0.05, 0) is 12.8 Å². The van der Waals surface area contributed by atoms with E-state index in [1.54, 1.807) is 4.90 Å². The molecule has 1 saturated heterocycles. The fourth-order valence-corrected chi connectivity index (χ4v) is 1.63. The molecule has 0 atom stereocenters. The summed E-state index contributed by atoms with van der Waals surface area (Å²) >= 11 is 0. The molecule has 7 heteroatoms. The number of likely N-dealkylation sites (tertiary alicyclic amines) is 1. The van der Waals surface area contributed by atoms with E-state index in [9.17, 15) is 14.4 Å². The molecule has 0 aromatic heterocycles. The van der Waals surface area contributed by atoms with Crippen LogP contribution in [0.5, 0.6) is 0 Å². The number of carbonyl (C=O) groups excluding carboxylic acids is 2. The van der Waals surface area contributed by atoms with Crippen LogP contribution in [-0.4, -0.2) is 54.1 Å². The third-order valence-electron chi connectivity index (χ3n) is 2.48. The average molecular weight is 243 g/mol. The fraction of sp³-hybridized carbons (Fsp3) is 0.700. The van der Waals surface area contributed by atoms with E-state index in [2.05, 4.69) is 10.6 Å². The standard InChI is InChI=1S/C10H17N3O4/c14-8(13-5-1-2-6-13)3-4-11-10(17)12-7-9(15)16/h1-7H2,(H,15,16)(H2,11,12,17). The first-order valence-corrected chi connectivity index (χ1v) is 5.61. The first kappa shape index (κ1) is 13.3. The van der Waals surface area contributed by atoms with Crippen molar-refractivity contribution in [3.63, 3.8) is 0 Å². The van der Waals surface area contributed by atoms with E-state index in [1.165, 1.54) is 0 Å². The van der Waals surface area contributed by atoms with Crippen LogP contribution in [0, 0.1) is 0 Å². The molecular weight excluding hydrogens is 226 g/mol. The van der Waals surface area contributed by atoms with Crippen LogP contribution in [0.2, 0.25) is 0 Å². The second-order valence-corrected chi connectivity index (χ2v) is 3.84. The third-order valence-corrected chi connectivity index (χ3v) is 2.48. The molecule has 96 valence electrons. The Morgan fingerprint density at radius 1 is 1.12 bits per heavy atom. The van der Waals surface area contributed by atoms with Crippen molar-refractivity contribution in [2.75, 3.05) is 26.2 Å². The van der Waals surface area contributed by atoms with Crippen molar-refractivity contribution in [1.82, 2.24) is 15.5 Å². The lowest BCUT2D eigenvalue weighted by molar-refractivity contribution is -0.135. The lowest BCUT2D eigenvalue weighted by Crippen LogP contribution is -2.40. The minimum Gasteiger partial charge on any atom is -0.480 e. The molecule has 1 aliphatic heterocycles. The van der Waals surface area contributed by atoms with E-state index >= 15 is 0 Å². The molecule has 3 amide bonds. The monoisotopic (exact) mass is 243 g/mol. The number of hydrogen-bond acceptors (Lipinski definition) is 3. The second kappa shape index (κ2) is 6.72. The van der Waals surface area contributed by atoms with E-state index in [-0.39, 0.29) is 18.9 Å².